The lowest BCUT2D eigenvalue weighted by atomic mass is 10.2. The van der Waals surface area contributed by atoms with E-state index in [9.17, 15) is 23.2 Å². The number of carbonyl (C=O) groups excluding carboxylic acids is 3. The Morgan fingerprint density at radius 2 is 1.83 bits per heavy atom. The van der Waals surface area contributed by atoms with Crippen molar-refractivity contribution in [1.82, 2.24) is 10.6 Å². The molecule has 1 rings (SSSR count). The van der Waals surface area contributed by atoms with Gasteiger partial charge < -0.3 is 20.1 Å². The van der Waals surface area contributed by atoms with Gasteiger partial charge in [-0.25, -0.2) is 0 Å². The molecular weight excluding hydrogens is 326 g/mol. The van der Waals surface area contributed by atoms with Crippen molar-refractivity contribution in [2.75, 3.05) is 13.1 Å². The molecule has 0 aliphatic carbocycles. The molecule has 1 aromatic rings. The number of halogens is 2. The molecule has 0 aliphatic rings. The fourth-order valence-electron chi connectivity index (χ4n) is 1.71. The molecule has 1 aromatic carbocycles. The molecule has 9 heteroatoms. The van der Waals surface area contributed by atoms with E-state index in [0.29, 0.717) is 6.54 Å². The quantitative estimate of drug-likeness (QED) is 0.689. The van der Waals surface area contributed by atoms with Crippen molar-refractivity contribution in [2.24, 2.45) is 0 Å². The van der Waals surface area contributed by atoms with Crippen LogP contribution in [0.5, 0.6) is 5.75 Å². The average Bonchev–Trinajstić information content (AvgIpc) is 2.52. The first-order chi connectivity index (χ1) is 11.3. The van der Waals surface area contributed by atoms with Gasteiger partial charge >= 0.3 is 12.6 Å². The van der Waals surface area contributed by atoms with Gasteiger partial charge in [-0.15, -0.1) is 0 Å². The largest absolute Gasteiger partial charge is 0.451 e. The molecule has 0 saturated heterocycles. The van der Waals surface area contributed by atoms with Crippen molar-refractivity contribution >= 4 is 17.8 Å². The van der Waals surface area contributed by atoms with Gasteiger partial charge in [0.15, 0.2) is 6.10 Å². The number of rotatable bonds is 8. The zero-order chi connectivity index (χ0) is 18.1. The molecule has 2 N–H and O–H groups in total. The maximum absolute atomic E-state index is 12.3. The Morgan fingerprint density at radius 3 is 2.46 bits per heavy atom. The van der Waals surface area contributed by atoms with Crippen molar-refractivity contribution < 1.29 is 32.6 Å². The Kier molecular flexibility index (Phi) is 7.60. The Morgan fingerprint density at radius 1 is 1.17 bits per heavy atom. The van der Waals surface area contributed by atoms with E-state index in [0.717, 1.165) is 0 Å². The second-order valence-corrected chi connectivity index (χ2v) is 4.58. The van der Waals surface area contributed by atoms with Gasteiger partial charge in [0.05, 0.1) is 5.56 Å². The maximum Gasteiger partial charge on any atom is 0.387 e. The first-order valence-electron chi connectivity index (χ1n) is 7.14. The van der Waals surface area contributed by atoms with Gasteiger partial charge in [0.1, 0.15) is 12.3 Å². The number of benzene rings is 1. The lowest BCUT2D eigenvalue weighted by Crippen LogP contribution is -2.38. The zero-order valence-electron chi connectivity index (χ0n) is 13.2. The van der Waals surface area contributed by atoms with E-state index in [4.69, 9.17) is 4.74 Å². The predicted molar refractivity (Wildman–Crippen MR) is 79.6 cm³/mol. The molecule has 0 bridgehead atoms. The summed E-state index contributed by atoms with van der Waals surface area (Å²) in [5.41, 5.74) is -0.151. The van der Waals surface area contributed by atoms with Gasteiger partial charge in [-0.3, -0.25) is 14.4 Å². The number of amides is 2. The molecule has 2 amide bonds. The second-order valence-electron chi connectivity index (χ2n) is 4.58. The highest BCUT2D eigenvalue weighted by Crippen LogP contribution is 2.19. The summed E-state index contributed by atoms with van der Waals surface area (Å²) < 4.78 is 33.6. The summed E-state index contributed by atoms with van der Waals surface area (Å²) >= 11 is 0. The molecule has 0 saturated carbocycles. The number of para-hydroxylation sites is 1. The average molecular weight is 344 g/mol. The molecule has 0 aliphatic heterocycles. The van der Waals surface area contributed by atoms with E-state index < -0.39 is 37.0 Å². The molecular formula is C15H18F2N2O5. The summed E-state index contributed by atoms with van der Waals surface area (Å²) in [5, 5.41) is 4.69. The topological polar surface area (TPSA) is 93.7 Å². The van der Waals surface area contributed by atoms with E-state index in [2.05, 4.69) is 15.4 Å². The molecule has 132 valence electrons. The van der Waals surface area contributed by atoms with Crippen LogP contribution in [0.25, 0.3) is 0 Å². The van der Waals surface area contributed by atoms with Crippen LogP contribution in [0.1, 0.15) is 24.2 Å². The van der Waals surface area contributed by atoms with Gasteiger partial charge in [0.25, 0.3) is 11.8 Å². The Hall–Kier alpha value is -2.71. The highest BCUT2D eigenvalue weighted by Gasteiger charge is 2.19. The van der Waals surface area contributed by atoms with Crippen LogP contribution in [-0.2, 0) is 14.3 Å². The normalized spacial score (nSPS) is 11.5. The Bertz CT molecular complexity index is 595. The Balaban J connectivity index is 2.57. The maximum atomic E-state index is 12.3. The fraction of sp³-hybridized carbons (Fsp3) is 0.400. The van der Waals surface area contributed by atoms with Gasteiger partial charge in [-0.2, -0.15) is 8.78 Å². The van der Waals surface area contributed by atoms with Gasteiger partial charge in [0, 0.05) is 6.54 Å². The van der Waals surface area contributed by atoms with E-state index >= 15 is 0 Å². The third-order valence-electron chi connectivity index (χ3n) is 2.77. The molecule has 0 unspecified atom stereocenters. The highest BCUT2D eigenvalue weighted by molar-refractivity contribution is 5.98. The number of nitrogens with one attached hydrogen (secondary N) is 2. The molecule has 0 spiro atoms. The van der Waals surface area contributed by atoms with Crippen LogP contribution in [-0.4, -0.2) is 43.6 Å². The van der Waals surface area contributed by atoms with Gasteiger partial charge in [0.2, 0.25) is 0 Å². The minimum atomic E-state index is -3.08. The van der Waals surface area contributed by atoms with Crippen LogP contribution in [0.2, 0.25) is 0 Å². The standard InChI is InChI=1S/C15H18F2N2O5/c1-3-18-13(21)9(2)23-12(20)8-19-14(22)10-6-4-5-7-11(10)24-15(16)17/h4-7,9,15H,3,8H2,1-2H3,(H,18,21)(H,19,22)/t9-/m0/s1. The van der Waals surface area contributed by atoms with Gasteiger partial charge in [-0.05, 0) is 26.0 Å². The third-order valence-corrected chi connectivity index (χ3v) is 2.77. The first kappa shape index (κ1) is 19.3. The minimum Gasteiger partial charge on any atom is -0.451 e. The van der Waals surface area contributed by atoms with Crippen molar-refractivity contribution in [2.45, 2.75) is 26.6 Å². The number of likely N-dealkylation sites (N-methyl/N-ethyl adjacent to an activating group) is 1. The van der Waals surface area contributed by atoms with Crippen LogP contribution < -0.4 is 15.4 Å². The molecule has 24 heavy (non-hydrogen) atoms. The minimum absolute atomic E-state index is 0.151. The number of alkyl halides is 2. The smallest absolute Gasteiger partial charge is 0.387 e. The zero-order valence-corrected chi connectivity index (χ0v) is 13.2. The number of carbonyl (C=O) groups is 3. The van der Waals surface area contributed by atoms with E-state index in [-0.39, 0.29) is 11.3 Å². The highest BCUT2D eigenvalue weighted by atomic mass is 19.3. The number of esters is 1. The van der Waals surface area contributed by atoms with Crippen LogP contribution >= 0.6 is 0 Å². The SMILES string of the molecule is CCNC(=O)[C@H](C)OC(=O)CNC(=O)c1ccccc1OC(F)F. The molecule has 0 radical (unpaired) electrons. The van der Waals surface area contributed by atoms with Crippen LogP contribution in [0.15, 0.2) is 24.3 Å². The summed E-state index contributed by atoms with van der Waals surface area (Å²) in [4.78, 5) is 35.0. The van der Waals surface area contributed by atoms with Crippen molar-refractivity contribution in [1.29, 1.82) is 0 Å². The summed E-state index contributed by atoms with van der Waals surface area (Å²) in [5.74, 6) is -2.40. The van der Waals surface area contributed by atoms with E-state index in [1.54, 1.807) is 6.92 Å². The lowest BCUT2D eigenvalue weighted by molar-refractivity contribution is -0.153. The van der Waals surface area contributed by atoms with Crippen molar-refractivity contribution in [3.63, 3.8) is 0 Å². The van der Waals surface area contributed by atoms with Crippen molar-refractivity contribution in [3.05, 3.63) is 29.8 Å². The molecule has 0 aromatic heterocycles. The molecule has 0 fully saturated rings. The summed E-state index contributed by atoms with van der Waals surface area (Å²) in [6.07, 6.45) is -1.01. The number of ether oxygens (including phenoxy) is 2. The summed E-state index contributed by atoms with van der Waals surface area (Å²) in [6.45, 7) is -0.117. The van der Waals surface area contributed by atoms with E-state index in [1.165, 1.54) is 31.2 Å². The second kappa shape index (κ2) is 9.43. The van der Waals surface area contributed by atoms with Crippen molar-refractivity contribution in [3.8, 4) is 5.75 Å². The van der Waals surface area contributed by atoms with Gasteiger partial charge in [-0.1, -0.05) is 12.1 Å². The van der Waals surface area contributed by atoms with Crippen LogP contribution in [0.3, 0.4) is 0 Å². The van der Waals surface area contributed by atoms with Crippen LogP contribution in [0.4, 0.5) is 8.78 Å². The molecule has 1 atom stereocenters. The summed E-state index contributed by atoms with van der Waals surface area (Å²) in [7, 11) is 0. The lowest BCUT2D eigenvalue weighted by Gasteiger charge is -2.13. The summed E-state index contributed by atoms with van der Waals surface area (Å²) in [6, 6.07) is 5.37. The fourth-order valence-corrected chi connectivity index (χ4v) is 1.71. The Labute approximate surface area is 137 Å². The molecule has 0 heterocycles. The monoisotopic (exact) mass is 344 g/mol. The predicted octanol–water partition coefficient (Wildman–Crippen LogP) is 1.09. The van der Waals surface area contributed by atoms with E-state index in [1.807, 2.05) is 0 Å². The number of hydrogen-bond donors (Lipinski definition) is 2. The third kappa shape index (κ3) is 6.19. The number of hydrogen-bond acceptors (Lipinski definition) is 5. The molecule has 7 nitrogen and oxygen atoms in total. The van der Waals surface area contributed by atoms with Crippen LogP contribution in [0, 0.1) is 0 Å². The first-order valence-corrected chi connectivity index (χ1v) is 7.14.